The summed E-state index contributed by atoms with van der Waals surface area (Å²) in [7, 11) is 0. The first-order valence-corrected chi connectivity index (χ1v) is 6.87. The summed E-state index contributed by atoms with van der Waals surface area (Å²) < 4.78 is 46.0. The van der Waals surface area contributed by atoms with Crippen LogP contribution in [0, 0.1) is 0 Å². The fourth-order valence-corrected chi connectivity index (χ4v) is 2.42. The molecule has 0 aliphatic rings. The lowest BCUT2D eigenvalue weighted by atomic mass is 10.1. The minimum absolute atomic E-state index is 0.0799. The number of halogens is 3. The third-order valence-corrected chi connectivity index (χ3v) is 3.52. The van der Waals surface area contributed by atoms with E-state index in [0.29, 0.717) is 16.6 Å². The van der Waals surface area contributed by atoms with E-state index in [1.54, 1.807) is 18.2 Å². The van der Waals surface area contributed by atoms with E-state index in [4.69, 9.17) is 0 Å². The van der Waals surface area contributed by atoms with Gasteiger partial charge in [0.2, 0.25) is 0 Å². The normalized spacial score (nSPS) is 11.6. The maximum Gasteiger partial charge on any atom is 0.416 e. The van der Waals surface area contributed by atoms with E-state index in [0.717, 1.165) is 23.9 Å². The molecule has 1 aromatic heterocycles. The molecule has 22 heavy (non-hydrogen) atoms. The van der Waals surface area contributed by atoms with Crippen molar-refractivity contribution in [1.29, 1.82) is 0 Å². The Morgan fingerprint density at radius 2 is 1.82 bits per heavy atom. The Morgan fingerprint density at radius 3 is 2.59 bits per heavy atom. The molecule has 3 aromatic rings. The van der Waals surface area contributed by atoms with Gasteiger partial charge in [0.1, 0.15) is 11.0 Å². The maximum absolute atomic E-state index is 12.6. The van der Waals surface area contributed by atoms with E-state index in [1.165, 1.54) is 12.1 Å². The number of nitrogens with zero attached hydrogens (tertiary/aromatic N) is 2. The number of rotatable bonds is 2. The summed E-state index contributed by atoms with van der Waals surface area (Å²) in [5, 5.41) is 2.44. The SMILES string of the molecule is O=C(Nc1cccc(C(F)(F)F)c1)c1ccc2nsnc2c1. The van der Waals surface area contributed by atoms with Gasteiger partial charge in [-0.15, -0.1) is 0 Å². The third kappa shape index (κ3) is 2.91. The fourth-order valence-electron chi connectivity index (χ4n) is 1.90. The van der Waals surface area contributed by atoms with Gasteiger partial charge >= 0.3 is 6.18 Å². The van der Waals surface area contributed by atoms with E-state index >= 15 is 0 Å². The van der Waals surface area contributed by atoms with Gasteiger partial charge < -0.3 is 5.32 Å². The van der Waals surface area contributed by atoms with Crippen LogP contribution in [0.5, 0.6) is 0 Å². The lowest BCUT2D eigenvalue weighted by molar-refractivity contribution is -0.137. The molecule has 112 valence electrons. The molecule has 0 saturated heterocycles. The van der Waals surface area contributed by atoms with Gasteiger partial charge in [0.15, 0.2) is 0 Å². The van der Waals surface area contributed by atoms with Gasteiger partial charge in [0.25, 0.3) is 5.91 Å². The third-order valence-electron chi connectivity index (χ3n) is 2.96. The molecule has 0 unspecified atom stereocenters. The van der Waals surface area contributed by atoms with Crippen LogP contribution in [0.2, 0.25) is 0 Å². The summed E-state index contributed by atoms with van der Waals surface area (Å²) in [5.41, 5.74) is 0.806. The predicted molar refractivity (Wildman–Crippen MR) is 76.8 cm³/mol. The molecule has 0 atom stereocenters. The highest BCUT2D eigenvalue weighted by molar-refractivity contribution is 7.00. The van der Waals surface area contributed by atoms with Crippen molar-refractivity contribution in [3.63, 3.8) is 0 Å². The lowest BCUT2D eigenvalue weighted by Crippen LogP contribution is -2.13. The zero-order valence-electron chi connectivity index (χ0n) is 10.9. The van der Waals surface area contributed by atoms with Crippen molar-refractivity contribution in [3.05, 3.63) is 53.6 Å². The number of amides is 1. The summed E-state index contributed by atoms with van der Waals surface area (Å²) >= 11 is 1.03. The van der Waals surface area contributed by atoms with Crippen molar-refractivity contribution < 1.29 is 18.0 Å². The van der Waals surface area contributed by atoms with Crippen LogP contribution in [-0.4, -0.2) is 14.7 Å². The summed E-state index contributed by atoms with van der Waals surface area (Å²) in [6.07, 6.45) is -4.45. The van der Waals surface area contributed by atoms with E-state index in [2.05, 4.69) is 14.1 Å². The molecule has 0 radical (unpaired) electrons. The average molecular weight is 323 g/mol. The second kappa shape index (κ2) is 5.38. The van der Waals surface area contributed by atoms with Crippen molar-refractivity contribution in [2.45, 2.75) is 6.18 Å². The Hall–Kier alpha value is -2.48. The van der Waals surface area contributed by atoms with Crippen LogP contribution in [0.15, 0.2) is 42.5 Å². The van der Waals surface area contributed by atoms with Crippen molar-refractivity contribution in [2.24, 2.45) is 0 Å². The molecule has 2 aromatic carbocycles. The molecule has 0 aliphatic carbocycles. The predicted octanol–water partition coefficient (Wildman–Crippen LogP) is 3.96. The van der Waals surface area contributed by atoms with Gasteiger partial charge in [-0.05, 0) is 36.4 Å². The Labute approximate surface area is 126 Å². The smallest absolute Gasteiger partial charge is 0.322 e. The Kier molecular flexibility index (Phi) is 3.53. The van der Waals surface area contributed by atoms with Crippen LogP contribution in [0.1, 0.15) is 15.9 Å². The van der Waals surface area contributed by atoms with E-state index < -0.39 is 17.6 Å². The lowest BCUT2D eigenvalue weighted by Gasteiger charge is -2.09. The number of aromatic nitrogens is 2. The summed E-state index contributed by atoms with van der Waals surface area (Å²) in [5.74, 6) is -0.505. The highest BCUT2D eigenvalue weighted by Gasteiger charge is 2.30. The van der Waals surface area contributed by atoms with Gasteiger partial charge in [-0.25, -0.2) is 0 Å². The largest absolute Gasteiger partial charge is 0.416 e. The van der Waals surface area contributed by atoms with Crippen LogP contribution in [0.25, 0.3) is 11.0 Å². The van der Waals surface area contributed by atoms with Crippen LogP contribution in [0.3, 0.4) is 0 Å². The molecule has 0 spiro atoms. The molecular weight excluding hydrogens is 315 g/mol. The quantitative estimate of drug-likeness (QED) is 0.776. The van der Waals surface area contributed by atoms with Crippen LogP contribution >= 0.6 is 11.7 Å². The minimum Gasteiger partial charge on any atom is -0.322 e. The summed E-state index contributed by atoms with van der Waals surface area (Å²) in [6.45, 7) is 0. The molecule has 3 rings (SSSR count). The van der Waals surface area contributed by atoms with E-state index in [1.807, 2.05) is 0 Å². The molecule has 0 fully saturated rings. The van der Waals surface area contributed by atoms with E-state index in [9.17, 15) is 18.0 Å². The number of alkyl halides is 3. The standard InChI is InChI=1S/C14H8F3N3OS/c15-14(16,17)9-2-1-3-10(7-9)18-13(21)8-4-5-11-12(6-8)20-22-19-11/h1-7H,(H,18,21). The Balaban J connectivity index is 1.84. The first kappa shape index (κ1) is 14.5. The van der Waals surface area contributed by atoms with Crippen molar-refractivity contribution in [2.75, 3.05) is 5.32 Å². The first-order chi connectivity index (χ1) is 10.4. The fraction of sp³-hybridized carbons (Fsp3) is 0.0714. The summed E-state index contributed by atoms with van der Waals surface area (Å²) in [4.78, 5) is 12.1. The van der Waals surface area contributed by atoms with Gasteiger partial charge in [0.05, 0.1) is 17.3 Å². The number of anilines is 1. The number of carbonyl (C=O) groups is 1. The van der Waals surface area contributed by atoms with Crippen LogP contribution in [0.4, 0.5) is 18.9 Å². The number of hydrogen-bond acceptors (Lipinski definition) is 4. The highest BCUT2D eigenvalue weighted by atomic mass is 32.1. The van der Waals surface area contributed by atoms with Crippen molar-refractivity contribution in [1.82, 2.24) is 8.75 Å². The maximum atomic E-state index is 12.6. The number of carbonyl (C=O) groups excluding carboxylic acids is 1. The van der Waals surface area contributed by atoms with Gasteiger partial charge in [-0.3, -0.25) is 4.79 Å². The molecule has 8 heteroatoms. The molecule has 4 nitrogen and oxygen atoms in total. The zero-order chi connectivity index (χ0) is 15.7. The molecule has 0 bridgehead atoms. The summed E-state index contributed by atoms with van der Waals surface area (Å²) in [6, 6.07) is 9.21. The highest BCUT2D eigenvalue weighted by Crippen LogP contribution is 2.30. The molecule has 1 N–H and O–H groups in total. The van der Waals surface area contributed by atoms with Crippen molar-refractivity contribution >= 4 is 34.4 Å². The number of benzene rings is 2. The number of hydrogen-bond donors (Lipinski definition) is 1. The number of nitrogens with one attached hydrogen (secondary N) is 1. The average Bonchev–Trinajstić information content (AvgIpc) is 2.94. The van der Waals surface area contributed by atoms with E-state index in [-0.39, 0.29) is 5.69 Å². The molecule has 1 heterocycles. The van der Waals surface area contributed by atoms with Gasteiger partial charge in [-0.1, -0.05) is 6.07 Å². The number of fused-ring (bicyclic) bond motifs is 1. The second-order valence-corrected chi connectivity index (χ2v) is 5.03. The minimum atomic E-state index is -4.45. The zero-order valence-corrected chi connectivity index (χ0v) is 11.7. The molecule has 1 amide bonds. The first-order valence-electron chi connectivity index (χ1n) is 6.14. The topological polar surface area (TPSA) is 54.9 Å². The Bertz CT molecular complexity index is 844. The second-order valence-electron chi connectivity index (χ2n) is 4.50. The monoisotopic (exact) mass is 323 g/mol. The van der Waals surface area contributed by atoms with Gasteiger partial charge in [0, 0.05) is 11.3 Å². The molecule has 0 aliphatic heterocycles. The van der Waals surface area contributed by atoms with Crippen LogP contribution < -0.4 is 5.32 Å². The van der Waals surface area contributed by atoms with Gasteiger partial charge in [-0.2, -0.15) is 21.9 Å². The molecular formula is C14H8F3N3OS. The van der Waals surface area contributed by atoms with Crippen LogP contribution in [-0.2, 0) is 6.18 Å². The Morgan fingerprint density at radius 1 is 1.05 bits per heavy atom. The molecule has 0 saturated carbocycles. The van der Waals surface area contributed by atoms with Crippen molar-refractivity contribution in [3.8, 4) is 0 Å².